The first-order chi connectivity index (χ1) is 14.7. The van der Waals surface area contributed by atoms with E-state index in [1.54, 1.807) is 23.7 Å². The number of aromatic nitrogens is 2. The largest absolute Gasteiger partial charge is 0.462 e. The SMILES string of the molecule is CCOC(=O)c1cc(C(=O)c2ccc3ccccc3c2)n2cnc3ccccc3c12. The van der Waals surface area contributed by atoms with E-state index < -0.39 is 5.97 Å². The van der Waals surface area contributed by atoms with Gasteiger partial charge in [-0.1, -0.05) is 54.6 Å². The van der Waals surface area contributed by atoms with Crippen LogP contribution in [0.5, 0.6) is 0 Å². The predicted octanol–water partition coefficient (Wildman–Crippen LogP) is 5.05. The molecule has 0 saturated carbocycles. The zero-order valence-electron chi connectivity index (χ0n) is 16.3. The number of ketones is 1. The van der Waals surface area contributed by atoms with Gasteiger partial charge in [0.15, 0.2) is 0 Å². The number of hydrogen-bond acceptors (Lipinski definition) is 4. The Kier molecular flexibility index (Phi) is 4.29. The highest BCUT2D eigenvalue weighted by molar-refractivity contribution is 6.15. The van der Waals surface area contributed by atoms with Crippen LogP contribution in [0.15, 0.2) is 79.1 Å². The van der Waals surface area contributed by atoms with Crippen LogP contribution in [0, 0.1) is 0 Å². The van der Waals surface area contributed by atoms with Crippen LogP contribution >= 0.6 is 0 Å². The quantitative estimate of drug-likeness (QED) is 0.316. The molecule has 3 aromatic carbocycles. The van der Waals surface area contributed by atoms with Gasteiger partial charge in [0.1, 0.15) is 6.33 Å². The van der Waals surface area contributed by atoms with Gasteiger partial charge in [-0.3, -0.25) is 9.20 Å². The minimum atomic E-state index is -0.455. The molecule has 2 heterocycles. The van der Waals surface area contributed by atoms with Gasteiger partial charge in [-0.2, -0.15) is 0 Å². The molecule has 0 fully saturated rings. The van der Waals surface area contributed by atoms with Crippen molar-refractivity contribution in [3.63, 3.8) is 0 Å². The van der Waals surface area contributed by atoms with Crippen molar-refractivity contribution >= 4 is 38.9 Å². The van der Waals surface area contributed by atoms with Crippen LogP contribution in [0.25, 0.3) is 27.2 Å². The molecule has 0 saturated heterocycles. The molecule has 0 bridgehead atoms. The van der Waals surface area contributed by atoms with Gasteiger partial charge >= 0.3 is 5.97 Å². The third-order valence-corrected chi connectivity index (χ3v) is 5.25. The van der Waals surface area contributed by atoms with E-state index in [0.29, 0.717) is 22.3 Å². The fourth-order valence-electron chi connectivity index (χ4n) is 3.84. The average Bonchev–Trinajstić information content (AvgIpc) is 3.19. The molecule has 5 aromatic rings. The van der Waals surface area contributed by atoms with E-state index in [4.69, 9.17) is 4.74 Å². The molecule has 5 rings (SSSR count). The molecule has 0 aliphatic heterocycles. The van der Waals surface area contributed by atoms with Crippen LogP contribution in [0.2, 0.25) is 0 Å². The molecular formula is C25H18N2O3. The minimum Gasteiger partial charge on any atom is -0.462 e. The third kappa shape index (κ3) is 2.83. The molecule has 2 aromatic heterocycles. The first kappa shape index (κ1) is 18.1. The molecular weight excluding hydrogens is 376 g/mol. The van der Waals surface area contributed by atoms with E-state index in [0.717, 1.165) is 21.7 Å². The summed E-state index contributed by atoms with van der Waals surface area (Å²) in [4.78, 5) is 30.6. The van der Waals surface area contributed by atoms with Gasteiger partial charge in [-0.15, -0.1) is 0 Å². The standard InChI is InChI=1S/C25H18N2O3/c1-2-30-25(29)20-14-22(27-15-26-21-10-6-5-9-19(21)23(20)27)24(28)18-12-11-16-7-3-4-8-17(16)13-18/h3-15H,2H2,1H3. The Hall–Kier alpha value is -3.99. The number of rotatable bonds is 4. The number of fused-ring (bicyclic) bond motifs is 4. The van der Waals surface area contributed by atoms with Gasteiger partial charge in [-0.05, 0) is 35.9 Å². The van der Waals surface area contributed by atoms with Crippen molar-refractivity contribution < 1.29 is 14.3 Å². The van der Waals surface area contributed by atoms with Gasteiger partial charge in [0, 0.05) is 10.9 Å². The molecule has 0 spiro atoms. The average molecular weight is 394 g/mol. The van der Waals surface area contributed by atoms with Gasteiger partial charge < -0.3 is 4.74 Å². The molecule has 0 unspecified atom stereocenters. The highest BCUT2D eigenvalue weighted by Crippen LogP contribution is 2.27. The summed E-state index contributed by atoms with van der Waals surface area (Å²) in [5, 5.41) is 2.84. The van der Waals surface area contributed by atoms with Crippen LogP contribution in [0.1, 0.15) is 33.3 Å². The number of nitrogens with zero attached hydrogens (tertiary/aromatic N) is 2. The lowest BCUT2D eigenvalue weighted by Gasteiger charge is -2.06. The van der Waals surface area contributed by atoms with Crippen molar-refractivity contribution in [3.05, 3.63) is 95.9 Å². The monoisotopic (exact) mass is 394 g/mol. The molecule has 5 nitrogen and oxygen atoms in total. The van der Waals surface area contributed by atoms with Gasteiger partial charge in [0.05, 0.1) is 28.9 Å². The molecule has 0 N–H and O–H groups in total. The second-order valence-electron chi connectivity index (χ2n) is 7.04. The molecule has 0 aliphatic carbocycles. The number of esters is 1. The molecule has 146 valence electrons. The van der Waals surface area contributed by atoms with E-state index in [1.807, 2.05) is 66.7 Å². The molecule has 0 aliphatic rings. The fraction of sp³-hybridized carbons (Fsp3) is 0.0800. The highest BCUT2D eigenvalue weighted by Gasteiger charge is 2.23. The van der Waals surface area contributed by atoms with E-state index in [9.17, 15) is 9.59 Å². The molecule has 0 radical (unpaired) electrons. The molecule has 0 atom stereocenters. The smallest absolute Gasteiger partial charge is 0.340 e. The topological polar surface area (TPSA) is 60.7 Å². The summed E-state index contributed by atoms with van der Waals surface area (Å²) in [5.41, 5.74) is 2.67. The molecule has 5 heteroatoms. The third-order valence-electron chi connectivity index (χ3n) is 5.25. The Bertz CT molecular complexity index is 1450. The first-order valence-electron chi connectivity index (χ1n) is 9.77. The van der Waals surface area contributed by atoms with Crippen LogP contribution in [0.3, 0.4) is 0 Å². The van der Waals surface area contributed by atoms with Gasteiger partial charge in [-0.25, -0.2) is 9.78 Å². The number of hydrogen-bond donors (Lipinski definition) is 0. The van der Waals surface area contributed by atoms with Gasteiger partial charge in [0.25, 0.3) is 0 Å². The lowest BCUT2D eigenvalue weighted by atomic mass is 10.0. The van der Waals surface area contributed by atoms with E-state index in [-0.39, 0.29) is 12.4 Å². The molecule has 0 amide bonds. The van der Waals surface area contributed by atoms with E-state index in [1.165, 1.54) is 0 Å². The van der Waals surface area contributed by atoms with Crippen LogP contribution in [-0.4, -0.2) is 27.7 Å². The van der Waals surface area contributed by atoms with Gasteiger partial charge in [0.2, 0.25) is 5.78 Å². The van der Waals surface area contributed by atoms with Crippen LogP contribution in [0.4, 0.5) is 0 Å². The summed E-state index contributed by atoms with van der Waals surface area (Å²) in [7, 11) is 0. The Balaban J connectivity index is 1.74. The van der Waals surface area contributed by atoms with Crippen molar-refractivity contribution in [2.75, 3.05) is 6.61 Å². The van der Waals surface area contributed by atoms with E-state index in [2.05, 4.69) is 4.98 Å². The minimum absolute atomic E-state index is 0.177. The Morgan fingerprint density at radius 3 is 2.53 bits per heavy atom. The maximum absolute atomic E-state index is 13.4. The summed E-state index contributed by atoms with van der Waals surface area (Å²) < 4.78 is 6.94. The maximum Gasteiger partial charge on any atom is 0.340 e. The van der Waals surface area contributed by atoms with Crippen LogP contribution in [-0.2, 0) is 4.74 Å². The van der Waals surface area contributed by atoms with E-state index >= 15 is 0 Å². The summed E-state index contributed by atoms with van der Waals surface area (Å²) >= 11 is 0. The zero-order chi connectivity index (χ0) is 20.7. The first-order valence-corrected chi connectivity index (χ1v) is 9.77. The number of benzene rings is 3. The lowest BCUT2D eigenvalue weighted by molar-refractivity contribution is 0.0529. The molecule has 30 heavy (non-hydrogen) atoms. The summed E-state index contributed by atoms with van der Waals surface area (Å²) in [6, 6.07) is 22.6. The van der Waals surface area contributed by atoms with Crippen molar-refractivity contribution in [1.29, 1.82) is 0 Å². The highest BCUT2D eigenvalue weighted by atomic mass is 16.5. The Morgan fingerprint density at radius 2 is 1.70 bits per heavy atom. The second kappa shape index (κ2) is 7.12. The predicted molar refractivity (Wildman–Crippen MR) is 116 cm³/mol. The summed E-state index contributed by atoms with van der Waals surface area (Å²) in [6.07, 6.45) is 1.59. The number of carbonyl (C=O) groups is 2. The number of ether oxygens (including phenoxy) is 1. The number of para-hydroxylation sites is 1. The number of carbonyl (C=O) groups excluding carboxylic acids is 2. The summed E-state index contributed by atoms with van der Waals surface area (Å²) in [6.45, 7) is 2.02. The van der Waals surface area contributed by atoms with Crippen molar-refractivity contribution in [3.8, 4) is 0 Å². The normalized spacial score (nSPS) is 11.2. The van der Waals surface area contributed by atoms with Crippen LogP contribution < -0.4 is 0 Å². The van der Waals surface area contributed by atoms with Crippen molar-refractivity contribution in [2.45, 2.75) is 6.92 Å². The van der Waals surface area contributed by atoms with Crippen molar-refractivity contribution in [1.82, 2.24) is 9.38 Å². The Morgan fingerprint density at radius 1 is 0.933 bits per heavy atom. The summed E-state index contributed by atoms with van der Waals surface area (Å²) in [5.74, 6) is -0.632. The Labute approximate surface area is 172 Å². The second-order valence-corrected chi connectivity index (χ2v) is 7.04. The van der Waals surface area contributed by atoms with Crippen molar-refractivity contribution in [2.24, 2.45) is 0 Å². The fourth-order valence-corrected chi connectivity index (χ4v) is 3.84. The zero-order valence-corrected chi connectivity index (χ0v) is 16.3. The maximum atomic E-state index is 13.4. The lowest BCUT2D eigenvalue weighted by Crippen LogP contribution is -2.05.